The number of aromatic nitrogens is 2. The molecular formula is C12H16N4OS. The van der Waals surface area contributed by atoms with E-state index in [1.165, 1.54) is 4.68 Å². The first kappa shape index (κ1) is 12.8. The number of likely N-dealkylation sites (N-methyl/N-ethyl adjacent to an activating group) is 1. The van der Waals surface area contributed by atoms with Gasteiger partial charge in [0, 0.05) is 26.2 Å². The van der Waals surface area contributed by atoms with Crippen molar-refractivity contribution in [1.82, 2.24) is 9.78 Å². The minimum absolute atomic E-state index is 0.0948. The predicted molar refractivity (Wildman–Crippen MR) is 74.2 cm³/mol. The predicted octanol–water partition coefficient (Wildman–Crippen LogP) is 0.748. The van der Waals surface area contributed by atoms with Crippen molar-refractivity contribution in [2.75, 3.05) is 25.0 Å². The van der Waals surface area contributed by atoms with Gasteiger partial charge in [0.05, 0.1) is 18.4 Å². The maximum atomic E-state index is 11.9. The quantitative estimate of drug-likeness (QED) is 0.865. The summed E-state index contributed by atoms with van der Waals surface area (Å²) in [4.78, 5) is 13.8. The highest BCUT2D eigenvalue weighted by Gasteiger charge is 2.04. The van der Waals surface area contributed by atoms with Crippen molar-refractivity contribution in [2.24, 2.45) is 5.73 Å². The third-order valence-corrected chi connectivity index (χ3v) is 3.40. The molecule has 0 aliphatic rings. The second kappa shape index (κ2) is 5.79. The Labute approximate surface area is 109 Å². The average molecular weight is 264 g/mol. The van der Waals surface area contributed by atoms with Crippen molar-refractivity contribution in [3.8, 4) is 0 Å². The van der Waals surface area contributed by atoms with Crippen LogP contribution in [0.25, 0.3) is 0 Å². The lowest BCUT2D eigenvalue weighted by atomic mass is 10.3. The molecule has 2 rings (SSSR count). The fourth-order valence-corrected chi connectivity index (χ4v) is 2.29. The highest BCUT2D eigenvalue weighted by atomic mass is 32.1. The maximum absolute atomic E-state index is 11.9. The lowest BCUT2D eigenvalue weighted by molar-refractivity contribution is 0.638. The molecule has 0 saturated heterocycles. The van der Waals surface area contributed by atoms with Gasteiger partial charge in [0.2, 0.25) is 0 Å². The van der Waals surface area contributed by atoms with Crippen molar-refractivity contribution >= 4 is 17.0 Å². The van der Waals surface area contributed by atoms with Crippen LogP contribution in [0.5, 0.6) is 0 Å². The van der Waals surface area contributed by atoms with Crippen LogP contribution in [0.15, 0.2) is 33.9 Å². The van der Waals surface area contributed by atoms with Crippen LogP contribution in [-0.4, -0.2) is 29.9 Å². The summed E-state index contributed by atoms with van der Waals surface area (Å²) in [6.45, 7) is 1.77. The monoisotopic (exact) mass is 264 g/mol. The van der Waals surface area contributed by atoms with E-state index < -0.39 is 0 Å². The van der Waals surface area contributed by atoms with Crippen molar-refractivity contribution in [1.29, 1.82) is 0 Å². The van der Waals surface area contributed by atoms with Gasteiger partial charge < -0.3 is 10.6 Å². The number of nitrogens with two attached hydrogens (primary N) is 1. The number of hydrogen-bond acceptors (Lipinski definition) is 5. The molecule has 0 aliphatic heterocycles. The Hall–Kier alpha value is -1.66. The van der Waals surface area contributed by atoms with Crippen LogP contribution in [0.2, 0.25) is 0 Å². The van der Waals surface area contributed by atoms with Crippen LogP contribution in [0.1, 0.15) is 5.56 Å². The van der Waals surface area contributed by atoms with Crippen LogP contribution < -0.4 is 16.2 Å². The molecule has 6 heteroatoms. The Morgan fingerprint density at radius 3 is 3.00 bits per heavy atom. The molecule has 0 amide bonds. The van der Waals surface area contributed by atoms with E-state index in [-0.39, 0.29) is 5.56 Å². The van der Waals surface area contributed by atoms with Gasteiger partial charge >= 0.3 is 0 Å². The molecule has 0 atom stereocenters. The molecule has 96 valence electrons. The lowest BCUT2D eigenvalue weighted by Crippen LogP contribution is -2.29. The molecule has 0 saturated carbocycles. The number of thiophene rings is 1. The van der Waals surface area contributed by atoms with Gasteiger partial charge in [0.15, 0.2) is 0 Å². The molecule has 0 fully saturated rings. The van der Waals surface area contributed by atoms with Gasteiger partial charge in [-0.3, -0.25) is 4.79 Å². The van der Waals surface area contributed by atoms with Crippen LogP contribution >= 0.6 is 11.3 Å². The average Bonchev–Trinajstić information content (AvgIpc) is 2.85. The fraction of sp³-hybridized carbons (Fsp3) is 0.333. The standard InChI is InChI=1S/C12H16N4OS/c1-15(4-3-13)11-6-12(17)16(14-7-11)8-10-2-5-18-9-10/h2,5-7,9H,3-4,8,13H2,1H3. The minimum Gasteiger partial charge on any atom is -0.372 e. The third kappa shape index (κ3) is 2.96. The zero-order chi connectivity index (χ0) is 13.0. The topological polar surface area (TPSA) is 64.2 Å². The second-order valence-electron chi connectivity index (χ2n) is 4.05. The van der Waals surface area contributed by atoms with Gasteiger partial charge in [-0.05, 0) is 22.4 Å². The van der Waals surface area contributed by atoms with Crippen LogP contribution in [0.4, 0.5) is 5.69 Å². The summed E-state index contributed by atoms with van der Waals surface area (Å²) >= 11 is 1.61. The van der Waals surface area contributed by atoms with Crippen LogP contribution in [0, 0.1) is 0 Å². The normalized spacial score (nSPS) is 10.6. The smallest absolute Gasteiger partial charge is 0.269 e. The van der Waals surface area contributed by atoms with Gasteiger partial charge in [-0.2, -0.15) is 16.4 Å². The number of nitrogens with zero attached hydrogens (tertiary/aromatic N) is 3. The molecule has 0 bridgehead atoms. The Balaban J connectivity index is 2.17. The van der Waals surface area contributed by atoms with E-state index in [0.717, 1.165) is 11.3 Å². The van der Waals surface area contributed by atoms with Gasteiger partial charge in [0.1, 0.15) is 0 Å². The summed E-state index contributed by atoms with van der Waals surface area (Å²) in [7, 11) is 1.90. The van der Waals surface area contributed by atoms with Crippen molar-refractivity contribution in [3.63, 3.8) is 0 Å². The molecule has 0 aliphatic carbocycles. The molecule has 5 nitrogen and oxygen atoms in total. The third-order valence-electron chi connectivity index (χ3n) is 2.67. The van der Waals surface area contributed by atoms with Crippen LogP contribution in [0.3, 0.4) is 0 Å². The van der Waals surface area contributed by atoms with E-state index >= 15 is 0 Å². The fourth-order valence-electron chi connectivity index (χ4n) is 1.63. The van der Waals surface area contributed by atoms with E-state index in [2.05, 4.69) is 5.10 Å². The Morgan fingerprint density at radius 2 is 2.39 bits per heavy atom. The molecule has 18 heavy (non-hydrogen) atoms. The minimum atomic E-state index is -0.0948. The van der Waals surface area contributed by atoms with E-state index in [1.54, 1.807) is 23.6 Å². The molecule has 2 N–H and O–H groups in total. The van der Waals surface area contributed by atoms with Gasteiger partial charge in [0.25, 0.3) is 5.56 Å². The summed E-state index contributed by atoms with van der Waals surface area (Å²) < 4.78 is 1.46. The van der Waals surface area contributed by atoms with Crippen LogP contribution in [-0.2, 0) is 6.54 Å². The summed E-state index contributed by atoms with van der Waals surface area (Å²) in [6, 6.07) is 3.59. The molecular weight excluding hydrogens is 248 g/mol. The first-order chi connectivity index (χ1) is 8.70. The first-order valence-electron chi connectivity index (χ1n) is 5.70. The zero-order valence-corrected chi connectivity index (χ0v) is 11.1. The zero-order valence-electron chi connectivity index (χ0n) is 10.2. The summed E-state index contributed by atoms with van der Waals surface area (Å²) in [5.41, 5.74) is 7.28. The Kier molecular flexibility index (Phi) is 4.11. The van der Waals surface area contributed by atoms with E-state index in [0.29, 0.717) is 19.6 Å². The largest absolute Gasteiger partial charge is 0.372 e. The van der Waals surface area contributed by atoms with Crippen molar-refractivity contribution in [2.45, 2.75) is 6.54 Å². The molecule has 2 heterocycles. The highest BCUT2D eigenvalue weighted by Crippen LogP contribution is 2.08. The lowest BCUT2D eigenvalue weighted by Gasteiger charge is -2.17. The summed E-state index contributed by atoms with van der Waals surface area (Å²) in [5, 5.41) is 8.19. The highest BCUT2D eigenvalue weighted by molar-refractivity contribution is 7.07. The van der Waals surface area contributed by atoms with Gasteiger partial charge in [-0.1, -0.05) is 0 Å². The SMILES string of the molecule is CN(CCN)c1cnn(Cc2ccsc2)c(=O)c1. The summed E-state index contributed by atoms with van der Waals surface area (Å²) in [6.07, 6.45) is 1.70. The maximum Gasteiger partial charge on any atom is 0.269 e. The van der Waals surface area contributed by atoms with E-state index in [4.69, 9.17) is 5.73 Å². The van der Waals surface area contributed by atoms with Crippen molar-refractivity contribution in [3.05, 3.63) is 45.0 Å². The van der Waals surface area contributed by atoms with Gasteiger partial charge in [-0.15, -0.1) is 0 Å². The van der Waals surface area contributed by atoms with E-state index in [1.807, 2.05) is 28.8 Å². The first-order valence-corrected chi connectivity index (χ1v) is 6.64. The van der Waals surface area contributed by atoms with Crippen molar-refractivity contribution < 1.29 is 0 Å². The molecule has 0 radical (unpaired) electrons. The molecule has 0 unspecified atom stereocenters. The number of anilines is 1. The van der Waals surface area contributed by atoms with Gasteiger partial charge in [-0.25, -0.2) is 4.68 Å². The second-order valence-corrected chi connectivity index (χ2v) is 4.83. The van der Waals surface area contributed by atoms with E-state index in [9.17, 15) is 4.79 Å². The molecule has 0 aromatic carbocycles. The molecule has 0 spiro atoms. The molecule has 2 aromatic rings. The summed E-state index contributed by atoms with van der Waals surface area (Å²) in [5.74, 6) is 0. The Bertz CT molecular complexity index is 549. The Morgan fingerprint density at radius 1 is 1.56 bits per heavy atom. The molecule has 2 aromatic heterocycles. The number of hydrogen-bond donors (Lipinski definition) is 1. The number of rotatable bonds is 5.